The third-order valence-corrected chi connectivity index (χ3v) is 4.60. The number of allylic oxidation sites excluding steroid dienone is 1. The molecule has 0 heterocycles. The van der Waals surface area contributed by atoms with E-state index in [0.29, 0.717) is 11.8 Å². The molecule has 0 saturated heterocycles. The highest BCUT2D eigenvalue weighted by Crippen LogP contribution is 2.19. The smallest absolute Gasteiger partial charge is 0.313 e. The fourth-order valence-corrected chi connectivity index (χ4v) is 2.44. The van der Waals surface area contributed by atoms with Gasteiger partial charge in [-0.05, 0) is 31.6 Å². The number of ether oxygens (including phenoxy) is 1. The Kier molecular flexibility index (Phi) is 13.2. The molecule has 23 heavy (non-hydrogen) atoms. The minimum absolute atomic E-state index is 0.00782. The summed E-state index contributed by atoms with van der Waals surface area (Å²) in [5.41, 5.74) is 0. The van der Waals surface area contributed by atoms with E-state index in [-0.39, 0.29) is 18.0 Å². The van der Waals surface area contributed by atoms with Crippen LogP contribution in [0.3, 0.4) is 0 Å². The van der Waals surface area contributed by atoms with Crippen LogP contribution in [0, 0.1) is 17.8 Å². The van der Waals surface area contributed by atoms with Gasteiger partial charge in [0, 0.05) is 0 Å². The highest BCUT2D eigenvalue weighted by atomic mass is 16.5. The van der Waals surface area contributed by atoms with Crippen LogP contribution in [0.25, 0.3) is 0 Å². The summed E-state index contributed by atoms with van der Waals surface area (Å²) in [5.74, 6) is 0.800. The van der Waals surface area contributed by atoms with Gasteiger partial charge in [0.15, 0.2) is 0 Å². The standard InChI is InChI=1S/C21H40O2/c1-7-9-11-12-14-20(16-15-18(5)13-10-8-2)21(22)23-19(6)17(3)4/h15-20H,7-14H2,1-6H3/b16-15-. The van der Waals surface area contributed by atoms with Crippen molar-refractivity contribution in [3.8, 4) is 0 Å². The van der Waals surface area contributed by atoms with Crippen molar-refractivity contribution in [3.05, 3.63) is 12.2 Å². The number of esters is 1. The van der Waals surface area contributed by atoms with Crippen molar-refractivity contribution in [1.29, 1.82) is 0 Å². The zero-order valence-corrected chi connectivity index (χ0v) is 16.4. The molecular weight excluding hydrogens is 284 g/mol. The summed E-state index contributed by atoms with van der Waals surface area (Å²) in [7, 11) is 0. The Morgan fingerprint density at radius 2 is 1.52 bits per heavy atom. The van der Waals surface area contributed by atoms with Crippen LogP contribution in [0.4, 0.5) is 0 Å². The molecule has 0 radical (unpaired) electrons. The molecule has 3 atom stereocenters. The number of unbranched alkanes of at least 4 members (excludes halogenated alkanes) is 4. The number of carbonyl (C=O) groups excluding carboxylic acids is 1. The van der Waals surface area contributed by atoms with Gasteiger partial charge in [-0.3, -0.25) is 4.79 Å². The third-order valence-electron chi connectivity index (χ3n) is 4.60. The molecule has 0 amide bonds. The van der Waals surface area contributed by atoms with Crippen LogP contribution >= 0.6 is 0 Å². The molecule has 0 saturated carbocycles. The van der Waals surface area contributed by atoms with E-state index in [2.05, 4.69) is 46.8 Å². The Morgan fingerprint density at radius 3 is 2.09 bits per heavy atom. The van der Waals surface area contributed by atoms with Gasteiger partial charge in [0.25, 0.3) is 0 Å². The summed E-state index contributed by atoms with van der Waals surface area (Å²) in [6.45, 7) is 12.9. The highest BCUT2D eigenvalue weighted by molar-refractivity contribution is 5.74. The van der Waals surface area contributed by atoms with E-state index in [1.54, 1.807) is 0 Å². The molecule has 0 aliphatic heterocycles. The van der Waals surface area contributed by atoms with Gasteiger partial charge in [-0.2, -0.15) is 0 Å². The summed E-state index contributed by atoms with van der Waals surface area (Å²) >= 11 is 0. The zero-order valence-electron chi connectivity index (χ0n) is 16.4. The maximum atomic E-state index is 12.5. The summed E-state index contributed by atoms with van der Waals surface area (Å²) in [6.07, 6.45) is 13.7. The van der Waals surface area contributed by atoms with E-state index in [9.17, 15) is 4.79 Å². The molecule has 0 aromatic heterocycles. The minimum Gasteiger partial charge on any atom is -0.462 e. The molecule has 0 fully saturated rings. The van der Waals surface area contributed by atoms with Gasteiger partial charge in [0.1, 0.15) is 6.10 Å². The molecule has 2 heteroatoms. The molecule has 0 N–H and O–H groups in total. The predicted molar refractivity (Wildman–Crippen MR) is 100 cm³/mol. The Hall–Kier alpha value is -0.790. The summed E-state index contributed by atoms with van der Waals surface area (Å²) in [5, 5.41) is 0. The molecule has 3 unspecified atom stereocenters. The lowest BCUT2D eigenvalue weighted by molar-refractivity contribution is -0.153. The Labute approximate surface area is 145 Å². The van der Waals surface area contributed by atoms with Gasteiger partial charge in [0.2, 0.25) is 0 Å². The minimum atomic E-state index is -0.0721. The van der Waals surface area contributed by atoms with Gasteiger partial charge in [-0.1, -0.05) is 85.3 Å². The first-order valence-corrected chi connectivity index (χ1v) is 9.81. The van der Waals surface area contributed by atoms with Crippen LogP contribution < -0.4 is 0 Å². The molecule has 0 bridgehead atoms. The van der Waals surface area contributed by atoms with Crippen LogP contribution in [-0.2, 0) is 9.53 Å². The van der Waals surface area contributed by atoms with Crippen LogP contribution in [0.2, 0.25) is 0 Å². The Bertz CT molecular complexity index is 320. The van der Waals surface area contributed by atoms with Gasteiger partial charge in [0.05, 0.1) is 5.92 Å². The monoisotopic (exact) mass is 324 g/mol. The Balaban J connectivity index is 4.59. The topological polar surface area (TPSA) is 26.3 Å². The molecule has 2 nitrogen and oxygen atoms in total. The number of hydrogen-bond donors (Lipinski definition) is 0. The fraction of sp³-hybridized carbons (Fsp3) is 0.857. The van der Waals surface area contributed by atoms with Crippen molar-refractivity contribution in [3.63, 3.8) is 0 Å². The lowest BCUT2D eigenvalue weighted by Crippen LogP contribution is -2.25. The maximum Gasteiger partial charge on any atom is 0.313 e. The second-order valence-electron chi connectivity index (χ2n) is 7.35. The molecule has 136 valence electrons. The zero-order chi connectivity index (χ0) is 17.7. The van der Waals surface area contributed by atoms with E-state index in [1.165, 1.54) is 38.5 Å². The third kappa shape index (κ3) is 11.4. The maximum absolute atomic E-state index is 12.5. The molecule has 0 rings (SSSR count). The van der Waals surface area contributed by atoms with Gasteiger partial charge in [-0.15, -0.1) is 0 Å². The van der Waals surface area contributed by atoms with E-state index >= 15 is 0 Å². The molecular formula is C21H40O2. The number of rotatable bonds is 13. The first kappa shape index (κ1) is 22.2. The quantitative estimate of drug-likeness (QED) is 0.218. The average molecular weight is 325 g/mol. The van der Waals surface area contributed by atoms with Gasteiger partial charge in [-0.25, -0.2) is 0 Å². The van der Waals surface area contributed by atoms with E-state index in [4.69, 9.17) is 4.74 Å². The lowest BCUT2D eigenvalue weighted by Gasteiger charge is -2.20. The van der Waals surface area contributed by atoms with Crippen LogP contribution in [0.1, 0.15) is 92.9 Å². The Morgan fingerprint density at radius 1 is 0.870 bits per heavy atom. The molecule has 0 aliphatic carbocycles. The number of carbonyl (C=O) groups is 1. The SMILES string of the molecule is CCCCCCC(/C=C\C(C)CCCC)C(=O)OC(C)C(C)C. The molecule has 0 aromatic carbocycles. The van der Waals surface area contributed by atoms with Crippen LogP contribution in [0.5, 0.6) is 0 Å². The van der Waals surface area contributed by atoms with E-state index < -0.39 is 0 Å². The van der Waals surface area contributed by atoms with Crippen molar-refractivity contribution in [2.75, 3.05) is 0 Å². The average Bonchev–Trinajstić information content (AvgIpc) is 2.51. The van der Waals surface area contributed by atoms with Crippen LogP contribution in [0.15, 0.2) is 12.2 Å². The lowest BCUT2D eigenvalue weighted by atomic mass is 9.96. The summed E-state index contributed by atoms with van der Waals surface area (Å²) < 4.78 is 5.65. The van der Waals surface area contributed by atoms with E-state index in [0.717, 1.165) is 12.8 Å². The van der Waals surface area contributed by atoms with Crippen molar-refractivity contribution < 1.29 is 9.53 Å². The van der Waals surface area contributed by atoms with E-state index in [1.807, 2.05) is 6.92 Å². The summed E-state index contributed by atoms with van der Waals surface area (Å²) in [4.78, 5) is 12.5. The van der Waals surface area contributed by atoms with Crippen molar-refractivity contribution in [2.24, 2.45) is 17.8 Å². The fourth-order valence-electron chi connectivity index (χ4n) is 2.44. The second kappa shape index (κ2) is 13.6. The highest BCUT2D eigenvalue weighted by Gasteiger charge is 2.20. The summed E-state index contributed by atoms with van der Waals surface area (Å²) in [6, 6.07) is 0. The van der Waals surface area contributed by atoms with Crippen molar-refractivity contribution >= 4 is 5.97 Å². The van der Waals surface area contributed by atoms with Crippen LogP contribution in [-0.4, -0.2) is 12.1 Å². The second-order valence-corrected chi connectivity index (χ2v) is 7.35. The predicted octanol–water partition coefficient (Wildman–Crippen LogP) is 6.54. The van der Waals surface area contributed by atoms with Gasteiger partial charge < -0.3 is 4.74 Å². The van der Waals surface area contributed by atoms with Crippen molar-refractivity contribution in [1.82, 2.24) is 0 Å². The first-order valence-electron chi connectivity index (χ1n) is 9.81. The van der Waals surface area contributed by atoms with Crippen molar-refractivity contribution in [2.45, 2.75) is 99.0 Å². The first-order chi connectivity index (χ1) is 10.9. The molecule has 0 aromatic rings. The normalized spacial score (nSPS) is 15.8. The molecule has 0 spiro atoms. The largest absolute Gasteiger partial charge is 0.462 e. The van der Waals surface area contributed by atoms with Gasteiger partial charge >= 0.3 is 5.97 Å². The molecule has 0 aliphatic rings. The number of hydrogen-bond acceptors (Lipinski definition) is 2.